The fourth-order valence-electron chi connectivity index (χ4n) is 2.18. The molecule has 0 aliphatic heterocycles. The van der Waals surface area contributed by atoms with E-state index in [2.05, 4.69) is 19.2 Å². The number of carbonyl (C=O) groups is 1. The topological polar surface area (TPSA) is 49.3 Å². The number of amides is 1. The van der Waals surface area contributed by atoms with Gasteiger partial charge in [-0.05, 0) is 31.1 Å². The van der Waals surface area contributed by atoms with Crippen molar-refractivity contribution < 1.29 is 23.1 Å². The zero-order valence-corrected chi connectivity index (χ0v) is 11.4. The van der Waals surface area contributed by atoms with Gasteiger partial charge in [-0.25, -0.2) is 0 Å². The Morgan fingerprint density at radius 1 is 1.21 bits per heavy atom. The Balaban J connectivity index is 2.30. The summed E-state index contributed by atoms with van der Waals surface area (Å²) in [6.07, 6.45) is -3.18. The van der Waals surface area contributed by atoms with Crippen LogP contribution >= 0.6 is 0 Å². The van der Waals surface area contributed by atoms with Crippen molar-refractivity contribution in [3.05, 3.63) is 0 Å². The van der Waals surface area contributed by atoms with E-state index in [1.165, 1.54) is 0 Å². The molecule has 0 radical (unpaired) electrons. The predicted octanol–water partition coefficient (Wildman–Crippen LogP) is 2.78. The molecule has 1 amide bonds. The van der Waals surface area contributed by atoms with Crippen LogP contribution in [0.25, 0.3) is 0 Å². The van der Waals surface area contributed by atoms with Gasteiger partial charge in [0.1, 0.15) is 0 Å². The normalized spacial score (nSPS) is 22.0. The van der Waals surface area contributed by atoms with Gasteiger partial charge in [0.05, 0.1) is 12.0 Å². The number of rotatable bonds is 4. The summed E-state index contributed by atoms with van der Waals surface area (Å²) in [5.41, 5.74) is -0.782. The molecule has 3 nitrogen and oxygen atoms in total. The van der Waals surface area contributed by atoms with E-state index >= 15 is 0 Å². The summed E-state index contributed by atoms with van der Waals surface area (Å²) in [6.45, 7) is 4.28. The molecule has 6 heteroatoms. The fourth-order valence-corrected chi connectivity index (χ4v) is 2.18. The SMILES string of the molecule is CC1(C)CCC(O)(CNC(=O)CCC(F)(F)F)CC1. The standard InChI is InChI=1S/C13H22F3NO2/c1-11(2)5-7-12(19,8-6-11)9-17-10(18)3-4-13(14,15)16/h19H,3-9H2,1-2H3,(H,17,18). The molecule has 0 aromatic heterocycles. The lowest BCUT2D eigenvalue weighted by Gasteiger charge is -2.40. The zero-order chi connectivity index (χ0) is 14.7. The number of nitrogens with one attached hydrogen (secondary N) is 1. The molecular formula is C13H22F3NO2. The quantitative estimate of drug-likeness (QED) is 0.832. The lowest BCUT2D eigenvalue weighted by Crippen LogP contribution is -2.46. The highest BCUT2D eigenvalue weighted by atomic mass is 19.4. The second kappa shape index (κ2) is 5.69. The maximum Gasteiger partial charge on any atom is 0.389 e. The first-order valence-corrected chi connectivity index (χ1v) is 6.57. The van der Waals surface area contributed by atoms with Crippen LogP contribution < -0.4 is 5.32 Å². The summed E-state index contributed by atoms with van der Waals surface area (Å²) in [4.78, 5) is 11.3. The minimum atomic E-state index is -4.32. The molecule has 0 heterocycles. The molecule has 1 aliphatic rings. The van der Waals surface area contributed by atoms with Crippen molar-refractivity contribution in [2.24, 2.45) is 5.41 Å². The van der Waals surface area contributed by atoms with Gasteiger partial charge in [-0.2, -0.15) is 13.2 Å². The Bertz CT molecular complexity index is 316. The Kier molecular flexibility index (Phi) is 4.87. The van der Waals surface area contributed by atoms with E-state index < -0.39 is 30.5 Å². The number of halogens is 3. The molecule has 1 saturated carbocycles. The Morgan fingerprint density at radius 2 is 1.74 bits per heavy atom. The number of carbonyl (C=O) groups excluding carboxylic acids is 1. The molecule has 0 bridgehead atoms. The van der Waals surface area contributed by atoms with Crippen LogP contribution in [-0.4, -0.2) is 29.3 Å². The van der Waals surface area contributed by atoms with Crippen LogP contribution in [0.3, 0.4) is 0 Å². The lowest BCUT2D eigenvalue weighted by molar-refractivity contribution is -0.144. The molecule has 112 valence electrons. The van der Waals surface area contributed by atoms with Gasteiger partial charge < -0.3 is 10.4 Å². The molecule has 1 fully saturated rings. The van der Waals surface area contributed by atoms with Crippen molar-refractivity contribution in [3.63, 3.8) is 0 Å². The molecule has 2 N–H and O–H groups in total. The van der Waals surface area contributed by atoms with E-state index in [-0.39, 0.29) is 12.0 Å². The van der Waals surface area contributed by atoms with Gasteiger partial charge in [0.15, 0.2) is 0 Å². The second-order valence-corrected chi connectivity index (χ2v) is 6.28. The van der Waals surface area contributed by atoms with Crippen LogP contribution in [0.15, 0.2) is 0 Å². The van der Waals surface area contributed by atoms with E-state index in [1.807, 2.05) is 0 Å². The number of hydrogen-bond acceptors (Lipinski definition) is 2. The fraction of sp³-hybridized carbons (Fsp3) is 0.923. The summed E-state index contributed by atoms with van der Waals surface area (Å²) in [6, 6.07) is 0. The molecule has 0 unspecified atom stereocenters. The van der Waals surface area contributed by atoms with Crippen LogP contribution in [0.4, 0.5) is 13.2 Å². The van der Waals surface area contributed by atoms with E-state index in [4.69, 9.17) is 0 Å². The van der Waals surface area contributed by atoms with Crippen molar-refractivity contribution in [2.45, 2.75) is 64.1 Å². The Labute approximate surface area is 111 Å². The first kappa shape index (κ1) is 16.3. The van der Waals surface area contributed by atoms with Crippen molar-refractivity contribution in [2.75, 3.05) is 6.54 Å². The van der Waals surface area contributed by atoms with E-state index in [1.54, 1.807) is 0 Å². The predicted molar refractivity (Wildman–Crippen MR) is 65.5 cm³/mol. The molecule has 1 aliphatic carbocycles. The van der Waals surface area contributed by atoms with E-state index in [0.717, 1.165) is 12.8 Å². The third-order valence-corrected chi connectivity index (χ3v) is 3.78. The largest absolute Gasteiger partial charge is 0.389 e. The molecule has 0 aromatic rings. The molecule has 0 aromatic carbocycles. The highest BCUT2D eigenvalue weighted by Gasteiger charge is 2.37. The van der Waals surface area contributed by atoms with Crippen LogP contribution in [0.1, 0.15) is 52.4 Å². The van der Waals surface area contributed by atoms with Gasteiger partial charge in [0.2, 0.25) is 5.91 Å². The zero-order valence-electron chi connectivity index (χ0n) is 11.4. The van der Waals surface area contributed by atoms with Crippen LogP contribution in [0, 0.1) is 5.41 Å². The van der Waals surface area contributed by atoms with Crippen LogP contribution in [-0.2, 0) is 4.79 Å². The van der Waals surface area contributed by atoms with Crippen molar-refractivity contribution in [1.29, 1.82) is 0 Å². The van der Waals surface area contributed by atoms with Gasteiger partial charge in [-0.1, -0.05) is 13.8 Å². The summed E-state index contributed by atoms with van der Waals surface area (Å²) >= 11 is 0. The number of alkyl halides is 3. The summed E-state index contributed by atoms with van der Waals surface area (Å²) in [5.74, 6) is -0.657. The Hall–Kier alpha value is -0.780. The summed E-state index contributed by atoms with van der Waals surface area (Å²) in [5, 5.41) is 12.6. The molecule has 0 atom stereocenters. The average molecular weight is 281 g/mol. The second-order valence-electron chi connectivity index (χ2n) is 6.28. The smallest absolute Gasteiger partial charge is 0.388 e. The van der Waals surface area contributed by atoms with Crippen molar-refractivity contribution in [1.82, 2.24) is 5.32 Å². The van der Waals surface area contributed by atoms with E-state index in [0.29, 0.717) is 12.8 Å². The third-order valence-electron chi connectivity index (χ3n) is 3.78. The summed E-state index contributed by atoms with van der Waals surface area (Å²) < 4.78 is 35.8. The van der Waals surface area contributed by atoms with Gasteiger partial charge >= 0.3 is 6.18 Å². The molecule has 0 saturated heterocycles. The first-order valence-electron chi connectivity index (χ1n) is 6.57. The maximum atomic E-state index is 11.9. The minimum absolute atomic E-state index is 0.0414. The monoisotopic (exact) mass is 281 g/mol. The highest BCUT2D eigenvalue weighted by molar-refractivity contribution is 5.75. The van der Waals surface area contributed by atoms with Crippen molar-refractivity contribution in [3.8, 4) is 0 Å². The molecular weight excluding hydrogens is 259 g/mol. The minimum Gasteiger partial charge on any atom is -0.388 e. The highest BCUT2D eigenvalue weighted by Crippen LogP contribution is 2.39. The van der Waals surface area contributed by atoms with Gasteiger partial charge in [0, 0.05) is 13.0 Å². The molecule has 0 spiro atoms. The average Bonchev–Trinajstić information content (AvgIpc) is 2.28. The Morgan fingerprint density at radius 3 is 2.21 bits per heavy atom. The van der Waals surface area contributed by atoms with Gasteiger partial charge in [0.25, 0.3) is 0 Å². The summed E-state index contributed by atoms with van der Waals surface area (Å²) in [7, 11) is 0. The number of hydrogen-bond donors (Lipinski definition) is 2. The van der Waals surface area contributed by atoms with Crippen LogP contribution in [0.5, 0.6) is 0 Å². The van der Waals surface area contributed by atoms with Gasteiger partial charge in [-0.3, -0.25) is 4.79 Å². The molecule has 1 rings (SSSR count). The van der Waals surface area contributed by atoms with Gasteiger partial charge in [-0.15, -0.1) is 0 Å². The number of aliphatic hydroxyl groups is 1. The lowest BCUT2D eigenvalue weighted by atomic mass is 9.71. The van der Waals surface area contributed by atoms with Crippen LogP contribution in [0.2, 0.25) is 0 Å². The third kappa shape index (κ3) is 6.27. The van der Waals surface area contributed by atoms with Crippen molar-refractivity contribution >= 4 is 5.91 Å². The van der Waals surface area contributed by atoms with E-state index in [9.17, 15) is 23.1 Å². The molecule has 19 heavy (non-hydrogen) atoms. The first-order chi connectivity index (χ1) is 8.52. The maximum absolute atomic E-state index is 11.9.